The maximum absolute atomic E-state index is 9.01. The van der Waals surface area contributed by atoms with Gasteiger partial charge >= 0.3 is 0 Å². The fourth-order valence-corrected chi connectivity index (χ4v) is 1.78. The van der Waals surface area contributed by atoms with Gasteiger partial charge in [-0.05, 0) is 22.8 Å². The summed E-state index contributed by atoms with van der Waals surface area (Å²) in [5.41, 5.74) is 3.79. The number of rotatable bonds is 2. The van der Waals surface area contributed by atoms with Crippen molar-refractivity contribution in [3.63, 3.8) is 0 Å². The molecule has 0 aromatic heterocycles. The van der Waals surface area contributed by atoms with Gasteiger partial charge in [0.15, 0.2) is 0 Å². The second-order valence-corrected chi connectivity index (χ2v) is 3.76. The summed E-state index contributed by atoms with van der Waals surface area (Å²) < 4.78 is 0. The SMILES string of the molecule is CC.N#Cc1ccccc1-c1ccc(CCl)cc1. The Kier molecular flexibility index (Phi) is 5.97. The van der Waals surface area contributed by atoms with Crippen LogP contribution in [0.1, 0.15) is 25.0 Å². The Balaban J connectivity index is 0.000000771. The lowest BCUT2D eigenvalue weighted by Crippen LogP contribution is -1.84. The van der Waals surface area contributed by atoms with Crippen molar-refractivity contribution in [2.75, 3.05) is 0 Å². The van der Waals surface area contributed by atoms with E-state index in [1.807, 2.05) is 62.4 Å². The van der Waals surface area contributed by atoms with Crippen molar-refractivity contribution in [2.45, 2.75) is 19.7 Å². The number of nitriles is 1. The van der Waals surface area contributed by atoms with Gasteiger partial charge in [0.25, 0.3) is 0 Å². The molecule has 0 fully saturated rings. The third-order valence-corrected chi connectivity index (χ3v) is 2.78. The third kappa shape index (κ3) is 3.35. The molecule has 2 heteroatoms. The van der Waals surface area contributed by atoms with E-state index in [1.165, 1.54) is 0 Å². The van der Waals surface area contributed by atoms with Crippen LogP contribution in [-0.4, -0.2) is 0 Å². The highest BCUT2D eigenvalue weighted by Gasteiger charge is 2.03. The van der Waals surface area contributed by atoms with Crippen LogP contribution < -0.4 is 0 Å². The van der Waals surface area contributed by atoms with Crippen molar-refractivity contribution in [1.82, 2.24) is 0 Å². The Morgan fingerprint density at radius 2 is 1.61 bits per heavy atom. The maximum atomic E-state index is 9.01. The Labute approximate surface area is 114 Å². The normalized spacial score (nSPS) is 9.00. The Hall–Kier alpha value is -1.78. The molecule has 0 saturated heterocycles. The van der Waals surface area contributed by atoms with Crippen LogP contribution >= 0.6 is 11.6 Å². The zero-order valence-electron chi connectivity index (χ0n) is 10.7. The summed E-state index contributed by atoms with van der Waals surface area (Å²) in [6.07, 6.45) is 0. The van der Waals surface area contributed by atoms with E-state index in [0.717, 1.165) is 16.7 Å². The molecule has 0 aliphatic carbocycles. The lowest BCUT2D eigenvalue weighted by Gasteiger charge is -2.04. The first kappa shape index (κ1) is 14.3. The van der Waals surface area contributed by atoms with Crippen LogP contribution in [0.15, 0.2) is 48.5 Å². The van der Waals surface area contributed by atoms with Gasteiger partial charge in [-0.3, -0.25) is 0 Å². The van der Waals surface area contributed by atoms with Crippen LogP contribution in [0.4, 0.5) is 0 Å². The molecule has 2 rings (SSSR count). The summed E-state index contributed by atoms with van der Waals surface area (Å²) in [6, 6.07) is 17.7. The zero-order chi connectivity index (χ0) is 13.4. The Morgan fingerprint density at radius 1 is 1.00 bits per heavy atom. The summed E-state index contributed by atoms with van der Waals surface area (Å²) in [6.45, 7) is 4.00. The molecule has 0 spiro atoms. The first-order valence-electron chi connectivity index (χ1n) is 5.99. The predicted molar refractivity (Wildman–Crippen MR) is 77.5 cm³/mol. The van der Waals surface area contributed by atoms with E-state index in [-0.39, 0.29) is 0 Å². The van der Waals surface area contributed by atoms with Crippen LogP contribution in [0.3, 0.4) is 0 Å². The van der Waals surface area contributed by atoms with Crippen molar-refractivity contribution in [3.8, 4) is 17.2 Å². The van der Waals surface area contributed by atoms with E-state index in [1.54, 1.807) is 0 Å². The number of hydrogen-bond acceptors (Lipinski definition) is 1. The number of halogens is 1. The van der Waals surface area contributed by atoms with Gasteiger partial charge in [0.1, 0.15) is 0 Å². The maximum Gasteiger partial charge on any atom is 0.0998 e. The summed E-state index contributed by atoms with van der Waals surface area (Å²) >= 11 is 5.73. The molecular weight excluding hydrogens is 242 g/mol. The van der Waals surface area contributed by atoms with E-state index in [9.17, 15) is 0 Å². The highest BCUT2D eigenvalue weighted by atomic mass is 35.5. The van der Waals surface area contributed by atoms with E-state index in [4.69, 9.17) is 16.9 Å². The van der Waals surface area contributed by atoms with Gasteiger partial charge in [-0.1, -0.05) is 56.3 Å². The van der Waals surface area contributed by atoms with E-state index < -0.39 is 0 Å². The number of nitrogens with zero attached hydrogens (tertiary/aromatic N) is 1. The molecule has 0 aliphatic rings. The standard InChI is InChI=1S/C14H10ClN.C2H6/c15-9-11-5-7-12(8-6-11)14-4-2-1-3-13(14)10-16;1-2/h1-8H,9H2;1-2H3. The van der Waals surface area contributed by atoms with Crippen LogP contribution in [0.5, 0.6) is 0 Å². The van der Waals surface area contributed by atoms with Gasteiger partial charge < -0.3 is 0 Å². The van der Waals surface area contributed by atoms with E-state index in [0.29, 0.717) is 11.4 Å². The largest absolute Gasteiger partial charge is 0.192 e. The summed E-state index contributed by atoms with van der Waals surface area (Å²) in [7, 11) is 0. The first-order chi connectivity index (χ1) is 8.85. The molecule has 1 nitrogen and oxygen atoms in total. The molecule has 0 unspecified atom stereocenters. The Morgan fingerprint density at radius 3 is 2.17 bits per heavy atom. The fourth-order valence-electron chi connectivity index (χ4n) is 1.61. The lowest BCUT2D eigenvalue weighted by molar-refractivity contribution is 1.40. The minimum Gasteiger partial charge on any atom is -0.192 e. The van der Waals surface area contributed by atoms with Crippen molar-refractivity contribution in [2.24, 2.45) is 0 Å². The molecule has 2 aromatic rings. The van der Waals surface area contributed by atoms with Crippen molar-refractivity contribution >= 4 is 11.6 Å². The number of hydrogen-bond donors (Lipinski definition) is 0. The molecule has 0 atom stereocenters. The third-order valence-electron chi connectivity index (χ3n) is 2.47. The van der Waals surface area contributed by atoms with Gasteiger partial charge in [0.2, 0.25) is 0 Å². The summed E-state index contributed by atoms with van der Waals surface area (Å²) in [5.74, 6) is 0.514. The molecule has 0 saturated carbocycles. The second-order valence-electron chi connectivity index (χ2n) is 3.49. The molecule has 92 valence electrons. The Bertz CT molecular complexity index is 524. The molecule has 0 N–H and O–H groups in total. The second kappa shape index (κ2) is 7.53. The van der Waals surface area contributed by atoms with E-state index >= 15 is 0 Å². The van der Waals surface area contributed by atoms with Gasteiger partial charge in [-0.15, -0.1) is 11.6 Å². The average Bonchev–Trinajstić information content (AvgIpc) is 2.49. The zero-order valence-corrected chi connectivity index (χ0v) is 11.4. The van der Waals surface area contributed by atoms with E-state index in [2.05, 4.69) is 6.07 Å². The van der Waals surface area contributed by atoms with Gasteiger partial charge in [0, 0.05) is 5.88 Å². The van der Waals surface area contributed by atoms with Gasteiger partial charge in [-0.2, -0.15) is 5.26 Å². The number of alkyl halides is 1. The molecule has 0 bridgehead atoms. The van der Waals surface area contributed by atoms with Crippen molar-refractivity contribution in [3.05, 3.63) is 59.7 Å². The summed E-state index contributed by atoms with van der Waals surface area (Å²) in [4.78, 5) is 0. The molecule has 0 heterocycles. The van der Waals surface area contributed by atoms with Crippen LogP contribution in [0.25, 0.3) is 11.1 Å². The predicted octanol–water partition coefficient (Wildman–Crippen LogP) is 4.99. The van der Waals surface area contributed by atoms with Crippen LogP contribution in [0.2, 0.25) is 0 Å². The van der Waals surface area contributed by atoms with Crippen molar-refractivity contribution < 1.29 is 0 Å². The van der Waals surface area contributed by atoms with Gasteiger partial charge in [-0.25, -0.2) is 0 Å². The first-order valence-corrected chi connectivity index (χ1v) is 6.53. The van der Waals surface area contributed by atoms with Gasteiger partial charge in [0.05, 0.1) is 11.6 Å². The average molecular weight is 258 g/mol. The molecule has 2 aromatic carbocycles. The quantitative estimate of drug-likeness (QED) is 0.696. The monoisotopic (exact) mass is 257 g/mol. The minimum absolute atomic E-state index is 0.514. The highest BCUT2D eigenvalue weighted by molar-refractivity contribution is 6.17. The lowest BCUT2D eigenvalue weighted by atomic mass is 10.00. The fraction of sp³-hybridized carbons (Fsp3) is 0.188. The highest BCUT2D eigenvalue weighted by Crippen LogP contribution is 2.23. The molecular formula is C16H16ClN. The van der Waals surface area contributed by atoms with Crippen LogP contribution in [-0.2, 0) is 5.88 Å². The van der Waals surface area contributed by atoms with Crippen LogP contribution in [0, 0.1) is 11.3 Å². The van der Waals surface area contributed by atoms with Crippen molar-refractivity contribution in [1.29, 1.82) is 5.26 Å². The molecule has 18 heavy (non-hydrogen) atoms. The minimum atomic E-state index is 0.514. The molecule has 0 amide bonds. The molecule has 0 radical (unpaired) electrons. The number of benzene rings is 2. The smallest absolute Gasteiger partial charge is 0.0998 e. The summed E-state index contributed by atoms with van der Waals surface area (Å²) in [5, 5.41) is 9.01. The molecule has 0 aliphatic heterocycles. The topological polar surface area (TPSA) is 23.8 Å².